The van der Waals surface area contributed by atoms with Crippen molar-refractivity contribution in [2.75, 3.05) is 12.4 Å². The monoisotopic (exact) mass is 665 g/mol. The molecule has 0 saturated heterocycles. The molecular formula is C35H28BrN3O4S. The molecule has 1 aliphatic heterocycles. The Morgan fingerprint density at radius 3 is 2.48 bits per heavy atom. The van der Waals surface area contributed by atoms with E-state index in [0.717, 1.165) is 21.2 Å². The van der Waals surface area contributed by atoms with Gasteiger partial charge in [0.15, 0.2) is 4.80 Å². The molecule has 0 aliphatic carbocycles. The summed E-state index contributed by atoms with van der Waals surface area (Å²) in [5.74, 6) is 1.01. The van der Waals surface area contributed by atoms with Crippen molar-refractivity contribution >= 4 is 44.9 Å². The van der Waals surface area contributed by atoms with Gasteiger partial charge in [-0.15, -0.1) is 0 Å². The van der Waals surface area contributed by atoms with E-state index in [4.69, 9.17) is 14.5 Å². The van der Waals surface area contributed by atoms with Crippen LogP contribution in [0.4, 0.5) is 5.69 Å². The number of nitrogens with one attached hydrogen (secondary N) is 1. The van der Waals surface area contributed by atoms with Gasteiger partial charge in [0.2, 0.25) is 0 Å². The molecule has 0 spiro atoms. The number of methoxy groups -OCH3 is 1. The molecule has 1 atom stereocenters. The molecule has 0 saturated carbocycles. The first kappa shape index (κ1) is 29.3. The van der Waals surface area contributed by atoms with Crippen LogP contribution in [-0.4, -0.2) is 17.6 Å². The van der Waals surface area contributed by atoms with Gasteiger partial charge in [-0.1, -0.05) is 78.1 Å². The maximum absolute atomic E-state index is 14.1. The fourth-order valence-corrected chi connectivity index (χ4v) is 6.63. The summed E-state index contributed by atoms with van der Waals surface area (Å²) in [5, 5.41) is 2.97. The quantitative estimate of drug-likeness (QED) is 0.213. The molecule has 0 unspecified atom stereocenters. The van der Waals surface area contributed by atoms with E-state index in [1.807, 2.05) is 109 Å². The molecule has 2 heterocycles. The van der Waals surface area contributed by atoms with Crippen molar-refractivity contribution in [1.82, 2.24) is 4.57 Å². The number of carbonyl (C=O) groups is 1. The summed E-state index contributed by atoms with van der Waals surface area (Å²) < 4.78 is 14.4. The molecule has 0 bridgehead atoms. The van der Waals surface area contributed by atoms with Crippen LogP contribution in [0.2, 0.25) is 0 Å². The van der Waals surface area contributed by atoms with E-state index in [1.165, 1.54) is 11.3 Å². The molecule has 1 N–H and O–H groups in total. The number of halogens is 1. The second kappa shape index (κ2) is 12.9. The Balaban J connectivity index is 1.39. The van der Waals surface area contributed by atoms with Crippen LogP contribution >= 0.6 is 27.3 Å². The normalized spacial score (nSPS) is 14.5. The standard InChI is InChI=1S/C35H28BrN3O4S/c1-22-31(33(40)38-26-13-7-4-8-14-26)32(25-12-9-15-27(20-25)42-2)39-34(41)30(44-35(39)37-22)19-24-16-17-29(28(36)18-24)43-21-23-10-5-3-6-11-23/h3-20,32H,21H2,1-2H3,(H,38,40)/b30-19-/t32-/m0/s1. The van der Waals surface area contributed by atoms with Crippen LogP contribution in [-0.2, 0) is 11.4 Å². The molecule has 1 amide bonds. The van der Waals surface area contributed by atoms with Gasteiger partial charge in [-0.2, -0.15) is 0 Å². The van der Waals surface area contributed by atoms with Crippen LogP contribution in [0.3, 0.4) is 0 Å². The Morgan fingerprint density at radius 2 is 1.75 bits per heavy atom. The van der Waals surface area contributed by atoms with E-state index < -0.39 is 6.04 Å². The molecule has 4 aromatic carbocycles. The topological polar surface area (TPSA) is 81.9 Å². The molecule has 1 aliphatic rings. The van der Waals surface area contributed by atoms with E-state index in [2.05, 4.69) is 21.2 Å². The van der Waals surface area contributed by atoms with Gasteiger partial charge in [0.1, 0.15) is 18.1 Å². The smallest absolute Gasteiger partial charge is 0.271 e. The van der Waals surface area contributed by atoms with E-state index in [9.17, 15) is 9.59 Å². The average molecular weight is 667 g/mol. The first-order valence-electron chi connectivity index (χ1n) is 13.9. The number of fused-ring (bicyclic) bond motifs is 1. The largest absolute Gasteiger partial charge is 0.497 e. The van der Waals surface area contributed by atoms with E-state index >= 15 is 0 Å². The third kappa shape index (κ3) is 6.15. The molecule has 6 rings (SSSR count). The number of thiazole rings is 1. The Bertz CT molecular complexity index is 2050. The number of allylic oxidation sites excluding steroid dienone is 1. The van der Waals surface area contributed by atoms with Crippen molar-refractivity contribution in [3.8, 4) is 11.5 Å². The van der Waals surface area contributed by atoms with Crippen molar-refractivity contribution in [3.05, 3.63) is 155 Å². The fraction of sp³-hybridized carbons (Fsp3) is 0.114. The first-order chi connectivity index (χ1) is 21.4. The SMILES string of the molecule is COc1cccc([C@H]2C(C(=O)Nc3ccccc3)=C(C)N=c3s/c(=C\c4ccc(OCc5ccccc5)c(Br)c4)c(=O)n32)c1. The van der Waals surface area contributed by atoms with Gasteiger partial charge in [-0.25, -0.2) is 4.99 Å². The molecule has 0 fully saturated rings. The number of ether oxygens (including phenoxy) is 2. The number of hydrogen-bond donors (Lipinski definition) is 1. The summed E-state index contributed by atoms with van der Waals surface area (Å²) >= 11 is 4.90. The summed E-state index contributed by atoms with van der Waals surface area (Å²) in [5.41, 5.74) is 3.99. The van der Waals surface area contributed by atoms with Crippen LogP contribution in [0.1, 0.15) is 29.7 Å². The molecule has 7 nitrogen and oxygen atoms in total. The summed E-state index contributed by atoms with van der Waals surface area (Å²) in [6.45, 7) is 2.25. The summed E-state index contributed by atoms with van der Waals surface area (Å²) in [7, 11) is 1.59. The number of para-hydroxylation sites is 1. The number of rotatable bonds is 8. The first-order valence-corrected chi connectivity index (χ1v) is 15.5. The highest BCUT2D eigenvalue weighted by Crippen LogP contribution is 2.32. The second-order valence-corrected chi connectivity index (χ2v) is 12.0. The van der Waals surface area contributed by atoms with Gasteiger partial charge in [-0.05, 0) is 82.0 Å². The van der Waals surface area contributed by atoms with E-state index in [0.29, 0.717) is 44.4 Å². The van der Waals surface area contributed by atoms with Gasteiger partial charge in [-0.3, -0.25) is 14.2 Å². The van der Waals surface area contributed by atoms with Crippen molar-refractivity contribution in [3.63, 3.8) is 0 Å². The molecule has 9 heteroatoms. The van der Waals surface area contributed by atoms with E-state index in [1.54, 1.807) is 18.6 Å². The summed E-state index contributed by atoms with van der Waals surface area (Å²) in [6.07, 6.45) is 1.83. The summed E-state index contributed by atoms with van der Waals surface area (Å²) in [4.78, 5) is 33.1. The van der Waals surface area contributed by atoms with E-state index in [-0.39, 0.29) is 11.5 Å². The number of hydrogen-bond acceptors (Lipinski definition) is 6. The maximum Gasteiger partial charge on any atom is 0.271 e. The van der Waals surface area contributed by atoms with Gasteiger partial charge < -0.3 is 14.8 Å². The van der Waals surface area contributed by atoms with Gasteiger partial charge in [0, 0.05) is 5.69 Å². The average Bonchev–Trinajstić information content (AvgIpc) is 3.34. The lowest BCUT2D eigenvalue weighted by molar-refractivity contribution is -0.113. The zero-order chi connectivity index (χ0) is 30.6. The minimum absolute atomic E-state index is 0.236. The van der Waals surface area contributed by atoms with Crippen molar-refractivity contribution < 1.29 is 14.3 Å². The maximum atomic E-state index is 14.1. The lowest BCUT2D eigenvalue weighted by Gasteiger charge is -2.25. The minimum Gasteiger partial charge on any atom is -0.497 e. The molecule has 44 heavy (non-hydrogen) atoms. The van der Waals surface area contributed by atoms with Gasteiger partial charge in [0.25, 0.3) is 11.5 Å². The Hall–Kier alpha value is -4.73. The molecule has 220 valence electrons. The number of aromatic nitrogens is 1. The lowest BCUT2D eigenvalue weighted by atomic mass is 9.95. The van der Waals surface area contributed by atoms with Crippen LogP contribution in [0.25, 0.3) is 6.08 Å². The fourth-order valence-electron chi connectivity index (χ4n) is 5.07. The van der Waals surface area contributed by atoms with Gasteiger partial charge >= 0.3 is 0 Å². The molecule has 1 aromatic heterocycles. The van der Waals surface area contributed by atoms with Crippen LogP contribution in [0, 0.1) is 0 Å². The molecule has 5 aromatic rings. The Labute approximate surface area is 266 Å². The van der Waals surface area contributed by atoms with Crippen LogP contribution in [0.15, 0.2) is 129 Å². The number of nitrogens with zero attached hydrogens (tertiary/aromatic N) is 2. The zero-order valence-corrected chi connectivity index (χ0v) is 26.4. The van der Waals surface area contributed by atoms with Crippen molar-refractivity contribution in [2.24, 2.45) is 4.99 Å². The highest BCUT2D eigenvalue weighted by Gasteiger charge is 2.32. The third-order valence-electron chi connectivity index (χ3n) is 7.20. The second-order valence-electron chi connectivity index (χ2n) is 10.1. The number of amides is 1. The highest BCUT2D eigenvalue weighted by molar-refractivity contribution is 9.10. The predicted octanol–water partition coefficient (Wildman–Crippen LogP) is 6.22. The Kier molecular flexibility index (Phi) is 8.58. The Morgan fingerprint density at radius 1 is 1.00 bits per heavy atom. The molecular weight excluding hydrogens is 638 g/mol. The van der Waals surface area contributed by atoms with Crippen LogP contribution in [0.5, 0.6) is 11.5 Å². The van der Waals surface area contributed by atoms with Crippen LogP contribution < -0.4 is 29.7 Å². The zero-order valence-electron chi connectivity index (χ0n) is 24.0. The lowest BCUT2D eigenvalue weighted by Crippen LogP contribution is -2.40. The predicted molar refractivity (Wildman–Crippen MR) is 177 cm³/mol. The number of carbonyl (C=O) groups excluding carboxylic acids is 1. The molecule has 0 radical (unpaired) electrons. The number of benzene rings is 4. The van der Waals surface area contributed by atoms with Crippen molar-refractivity contribution in [1.29, 1.82) is 0 Å². The minimum atomic E-state index is -0.701. The third-order valence-corrected chi connectivity index (χ3v) is 8.80. The van der Waals surface area contributed by atoms with Gasteiger partial charge in [0.05, 0.1) is 33.4 Å². The highest BCUT2D eigenvalue weighted by atomic mass is 79.9. The van der Waals surface area contributed by atoms with Crippen molar-refractivity contribution in [2.45, 2.75) is 19.6 Å². The number of anilines is 1. The summed E-state index contributed by atoms with van der Waals surface area (Å²) in [6, 6.07) is 31.6.